The number of carbonyl (C=O) groups excluding carboxylic acids is 2. The van der Waals surface area contributed by atoms with Crippen molar-refractivity contribution in [1.29, 1.82) is 0 Å². The third kappa shape index (κ3) is 51.6. The number of allylic oxidation sites excluding steroid dienone is 4. The van der Waals surface area contributed by atoms with Crippen LogP contribution in [0.5, 0.6) is 0 Å². The van der Waals surface area contributed by atoms with Crippen LogP contribution in [0.25, 0.3) is 0 Å². The van der Waals surface area contributed by atoms with Gasteiger partial charge in [-0.05, 0) is 77.0 Å². The van der Waals surface area contributed by atoms with Gasteiger partial charge in [0, 0.05) is 12.8 Å². The Hall–Kier alpha value is -1.66. The Morgan fingerprint density at radius 1 is 0.415 bits per heavy atom. The van der Waals surface area contributed by atoms with Crippen LogP contribution in [-0.2, 0) is 14.3 Å². The molecule has 0 bridgehead atoms. The minimum absolute atomic E-state index is 0.0389. The molecule has 2 atom stereocenters. The van der Waals surface area contributed by atoms with E-state index in [1.807, 2.05) is 0 Å². The van der Waals surface area contributed by atoms with E-state index in [4.69, 9.17) is 4.74 Å². The van der Waals surface area contributed by atoms with Crippen LogP contribution in [0.15, 0.2) is 24.3 Å². The van der Waals surface area contributed by atoms with Crippen LogP contribution in [0.3, 0.4) is 0 Å². The van der Waals surface area contributed by atoms with Crippen molar-refractivity contribution in [1.82, 2.24) is 5.32 Å². The monoisotopic (exact) mass is 916 g/mol. The number of ether oxygens (including phenoxy) is 1. The Balaban J connectivity index is 3.50. The number of rotatable bonds is 54. The number of esters is 1. The predicted octanol–water partition coefficient (Wildman–Crippen LogP) is 17.9. The summed E-state index contributed by atoms with van der Waals surface area (Å²) in [5.41, 5.74) is 0. The van der Waals surface area contributed by atoms with Crippen molar-refractivity contribution >= 4 is 11.9 Å². The Labute approximate surface area is 405 Å². The highest BCUT2D eigenvalue weighted by Crippen LogP contribution is 2.17. The number of carbonyl (C=O) groups is 2. The van der Waals surface area contributed by atoms with E-state index in [1.165, 1.54) is 205 Å². The average Bonchev–Trinajstić information content (AvgIpc) is 3.31. The van der Waals surface area contributed by atoms with Crippen LogP contribution in [-0.4, -0.2) is 47.4 Å². The molecule has 6 heteroatoms. The van der Waals surface area contributed by atoms with Crippen LogP contribution in [0, 0.1) is 0 Å². The van der Waals surface area contributed by atoms with E-state index in [-0.39, 0.29) is 18.5 Å². The molecule has 0 aromatic heterocycles. The molecular weight excluding hydrogens is 803 g/mol. The molecule has 0 heterocycles. The lowest BCUT2D eigenvalue weighted by Gasteiger charge is -2.22. The van der Waals surface area contributed by atoms with Crippen LogP contribution in [0.1, 0.15) is 316 Å². The first-order chi connectivity index (χ1) is 32.0. The summed E-state index contributed by atoms with van der Waals surface area (Å²) in [5.74, 6) is -0.107. The van der Waals surface area contributed by atoms with Crippen molar-refractivity contribution in [3.8, 4) is 0 Å². The first-order valence-corrected chi connectivity index (χ1v) is 29.1. The van der Waals surface area contributed by atoms with E-state index in [1.54, 1.807) is 0 Å². The number of aliphatic hydroxyl groups is 2. The molecule has 0 radical (unpaired) electrons. The fraction of sp³-hybridized carbons (Fsp3) is 0.898. The number of unbranched alkanes of at least 4 members (excludes halogenated alkanes) is 39. The van der Waals surface area contributed by atoms with Crippen molar-refractivity contribution in [2.24, 2.45) is 0 Å². The van der Waals surface area contributed by atoms with Gasteiger partial charge in [0.1, 0.15) is 0 Å². The zero-order valence-electron chi connectivity index (χ0n) is 43.7. The number of hydrogen-bond donors (Lipinski definition) is 3. The van der Waals surface area contributed by atoms with Gasteiger partial charge in [0.15, 0.2) is 0 Å². The maximum atomic E-state index is 12.5. The van der Waals surface area contributed by atoms with Gasteiger partial charge in [-0.25, -0.2) is 0 Å². The third-order valence-corrected chi connectivity index (χ3v) is 13.5. The van der Waals surface area contributed by atoms with Crippen molar-refractivity contribution in [2.75, 3.05) is 13.2 Å². The standard InChI is InChI=1S/C59H113NO5/c1-3-5-7-9-11-13-15-17-19-21-22-23-24-26-27-29-31-35-39-43-47-51-57(62)56(55-61)60-58(63)52-48-44-40-36-33-34-38-42-46-50-54-65-59(64)53-49-45-41-37-32-30-28-25-20-18-16-14-12-10-8-6-4-2/h18,20,34,38,56-57,61-62H,3-17,19,21-33,35-37,39-55H2,1-2H3,(H,60,63)/b20-18-,38-34-. The van der Waals surface area contributed by atoms with Crippen molar-refractivity contribution < 1.29 is 24.5 Å². The summed E-state index contributed by atoms with van der Waals surface area (Å²) in [4.78, 5) is 24.6. The van der Waals surface area contributed by atoms with E-state index in [0.29, 0.717) is 25.9 Å². The number of hydrogen-bond acceptors (Lipinski definition) is 5. The summed E-state index contributed by atoms with van der Waals surface area (Å²) in [5, 5.41) is 23.3. The van der Waals surface area contributed by atoms with Crippen molar-refractivity contribution in [3.63, 3.8) is 0 Å². The van der Waals surface area contributed by atoms with Crippen LogP contribution in [0.4, 0.5) is 0 Å². The Kier molecular flexibility index (Phi) is 53.5. The topological polar surface area (TPSA) is 95.9 Å². The van der Waals surface area contributed by atoms with E-state index in [0.717, 1.165) is 77.0 Å². The molecule has 3 N–H and O–H groups in total. The van der Waals surface area contributed by atoms with Crippen LogP contribution < -0.4 is 5.32 Å². The lowest BCUT2D eigenvalue weighted by atomic mass is 10.0. The van der Waals surface area contributed by atoms with Gasteiger partial charge >= 0.3 is 5.97 Å². The molecule has 65 heavy (non-hydrogen) atoms. The first kappa shape index (κ1) is 63.3. The third-order valence-electron chi connectivity index (χ3n) is 13.5. The van der Waals surface area contributed by atoms with E-state index in [2.05, 4.69) is 43.5 Å². The molecule has 0 saturated carbocycles. The summed E-state index contributed by atoms with van der Waals surface area (Å²) in [6.45, 7) is 4.88. The van der Waals surface area contributed by atoms with Gasteiger partial charge < -0.3 is 20.3 Å². The second kappa shape index (κ2) is 54.9. The maximum Gasteiger partial charge on any atom is 0.305 e. The molecule has 384 valence electrons. The first-order valence-electron chi connectivity index (χ1n) is 29.1. The second-order valence-corrected chi connectivity index (χ2v) is 20.0. The average molecular weight is 917 g/mol. The minimum Gasteiger partial charge on any atom is -0.466 e. The molecule has 0 rings (SSSR count). The molecule has 0 aliphatic rings. The molecule has 0 saturated heterocycles. The molecule has 1 amide bonds. The summed E-state index contributed by atoms with van der Waals surface area (Å²) in [7, 11) is 0. The van der Waals surface area contributed by atoms with Gasteiger partial charge in [0.2, 0.25) is 5.91 Å². The van der Waals surface area contributed by atoms with E-state index in [9.17, 15) is 19.8 Å². The molecule has 0 aliphatic heterocycles. The molecule has 0 aromatic rings. The largest absolute Gasteiger partial charge is 0.466 e. The Bertz CT molecular complexity index is 1010. The maximum absolute atomic E-state index is 12.5. The molecular formula is C59H113NO5. The van der Waals surface area contributed by atoms with E-state index < -0.39 is 12.1 Å². The molecule has 6 nitrogen and oxygen atoms in total. The lowest BCUT2D eigenvalue weighted by molar-refractivity contribution is -0.143. The molecule has 2 unspecified atom stereocenters. The smallest absolute Gasteiger partial charge is 0.305 e. The van der Waals surface area contributed by atoms with Gasteiger partial charge in [-0.15, -0.1) is 0 Å². The molecule has 0 fully saturated rings. The van der Waals surface area contributed by atoms with Crippen molar-refractivity contribution in [2.45, 2.75) is 328 Å². The molecule has 0 spiro atoms. The fourth-order valence-corrected chi connectivity index (χ4v) is 8.98. The highest BCUT2D eigenvalue weighted by Gasteiger charge is 2.20. The molecule has 0 aromatic carbocycles. The number of aliphatic hydroxyl groups excluding tert-OH is 2. The Morgan fingerprint density at radius 3 is 1.09 bits per heavy atom. The second-order valence-electron chi connectivity index (χ2n) is 20.0. The summed E-state index contributed by atoms with van der Waals surface area (Å²) in [6, 6.07) is -0.568. The van der Waals surface area contributed by atoms with Gasteiger partial charge in [-0.2, -0.15) is 0 Å². The zero-order valence-corrected chi connectivity index (χ0v) is 43.7. The fourth-order valence-electron chi connectivity index (χ4n) is 8.98. The van der Waals surface area contributed by atoms with Crippen LogP contribution >= 0.6 is 0 Å². The lowest BCUT2D eigenvalue weighted by Crippen LogP contribution is -2.45. The predicted molar refractivity (Wildman–Crippen MR) is 283 cm³/mol. The van der Waals surface area contributed by atoms with Gasteiger partial charge in [0.25, 0.3) is 0 Å². The normalized spacial score (nSPS) is 12.7. The minimum atomic E-state index is -0.687. The summed E-state index contributed by atoms with van der Waals surface area (Å²) in [6.07, 6.45) is 66.0. The SMILES string of the molecule is CCCCCCCC/C=C\CCCCCCCCCC(=O)OCCCC/C=C\CCCCCCC(=O)NC(CO)C(O)CCCCCCCCCCCCCCCCCCCCCCC. The van der Waals surface area contributed by atoms with Gasteiger partial charge in [0.05, 0.1) is 25.4 Å². The zero-order chi connectivity index (χ0) is 47.2. The highest BCUT2D eigenvalue weighted by atomic mass is 16.5. The van der Waals surface area contributed by atoms with Gasteiger partial charge in [-0.3, -0.25) is 9.59 Å². The Morgan fingerprint density at radius 2 is 0.723 bits per heavy atom. The van der Waals surface area contributed by atoms with Crippen molar-refractivity contribution in [3.05, 3.63) is 24.3 Å². The van der Waals surface area contributed by atoms with E-state index >= 15 is 0 Å². The van der Waals surface area contributed by atoms with Crippen LogP contribution in [0.2, 0.25) is 0 Å². The molecule has 0 aliphatic carbocycles. The van der Waals surface area contributed by atoms with Gasteiger partial charge in [-0.1, -0.05) is 250 Å². The number of amides is 1. The summed E-state index contributed by atoms with van der Waals surface area (Å²) < 4.78 is 5.45. The quantitative estimate of drug-likeness (QED) is 0.0321. The highest BCUT2D eigenvalue weighted by molar-refractivity contribution is 5.76. The summed E-state index contributed by atoms with van der Waals surface area (Å²) >= 11 is 0. The number of nitrogens with one attached hydrogen (secondary N) is 1.